The maximum atomic E-state index is 11.8. The quantitative estimate of drug-likeness (QED) is 0.613. The molecule has 0 N–H and O–H groups in total. The molecular formula is C18H22N2O4. The molecule has 2 aliphatic rings. The topological polar surface area (TPSA) is 68.6 Å². The van der Waals surface area contributed by atoms with E-state index in [9.17, 15) is 14.4 Å². The van der Waals surface area contributed by atoms with E-state index < -0.39 is 18.5 Å². The van der Waals surface area contributed by atoms with Crippen molar-refractivity contribution >= 4 is 23.9 Å². The predicted octanol–water partition coefficient (Wildman–Crippen LogP) is 2.15. The first-order valence-electron chi connectivity index (χ1n) is 8.34. The Morgan fingerprint density at radius 3 is 2.71 bits per heavy atom. The van der Waals surface area contributed by atoms with Crippen molar-refractivity contribution < 1.29 is 19.1 Å². The number of rotatable bonds is 5. The number of aromatic nitrogens is 1. The van der Waals surface area contributed by atoms with Gasteiger partial charge >= 0.3 is 5.97 Å². The first kappa shape index (κ1) is 16.5. The summed E-state index contributed by atoms with van der Waals surface area (Å²) in [5.74, 6) is -1.23. The van der Waals surface area contributed by atoms with E-state index in [2.05, 4.69) is 11.5 Å². The summed E-state index contributed by atoms with van der Waals surface area (Å²) in [5, 5.41) is 0. The molecule has 1 aliphatic carbocycles. The summed E-state index contributed by atoms with van der Waals surface area (Å²) in [5.41, 5.74) is 3.31. The number of esters is 1. The number of likely N-dealkylation sites (tertiary alicyclic amines) is 1. The Bertz CT molecular complexity index is 713. The summed E-state index contributed by atoms with van der Waals surface area (Å²) in [6.07, 6.45) is 6.52. The van der Waals surface area contributed by atoms with E-state index in [1.165, 1.54) is 24.6 Å². The number of carbonyl (C=O) groups excluding carboxylic acids is 3. The van der Waals surface area contributed by atoms with Crippen LogP contribution in [0.3, 0.4) is 0 Å². The summed E-state index contributed by atoms with van der Waals surface area (Å²) in [6, 6.07) is 2.64. The van der Waals surface area contributed by atoms with Crippen LogP contribution in [0.25, 0.3) is 6.08 Å². The zero-order valence-electron chi connectivity index (χ0n) is 14.1. The smallest absolute Gasteiger partial charge is 0.331 e. The molecule has 1 aliphatic heterocycles. The molecule has 0 radical (unpaired) electrons. The lowest BCUT2D eigenvalue weighted by atomic mass is 10.2. The Hall–Kier alpha value is -2.37. The van der Waals surface area contributed by atoms with E-state index in [1.54, 1.807) is 6.08 Å². The van der Waals surface area contributed by atoms with Gasteiger partial charge in [0.1, 0.15) is 0 Å². The molecule has 2 heterocycles. The molecule has 128 valence electrons. The van der Waals surface area contributed by atoms with E-state index >= 15 is 0 Å². The highest BCUT2D eigenvalue weighted by Crippen LogP contribution is 2.38. The van der Waals surface area contributed by atoms with Gasteiger partial charge in [0, 0.05) is 36.5 Å². The molecule has 6 heteroatoms. The van der Waals surface area contributed by atoms with Crippen LogP contribution in [-0.4, -0.2) is 40.4 Å². The van der Waals surface area contributed by atoms with Crippen LogP contribution in [-0.2, 0) is 19.1 Å². The molecule has 1 aromatic heterocycles. The number of nitrogens with zero attached hydrogens (tertiary/aromatic N) is 2. The van der Waals surface area contributed by atoms with Crippen molar-refractivity contribution in [3.8, 4) is 0 Å². The monoisotopic (exact) mass is 330 g/mol. The lowest BCUT2D eigenvalue weighted by Gasteiger charge is -2.12. The van der Waals surface area contributed by atoms with Gasteiger partial charge in [-0.25, -0.2) is 4.79 Å². The highest BCUT2D eigenvalue weighted by Gasteiger charge is 2.27. The molecule has 1 saturated carbocycles. The number of imide groups is 1. The van der Waals surface area contributed by atoms with Crippen LogP contribution < -0.4 is 0 Å². The fraction of sp³-hybridized carbons (Fsp3) is 0.500. The maximum Gasteiger partial charge on any atom is 0.331 e. The minimum Gasteiger partial charge on any atom is -0.452 e. The first-order chi connectivity index (χ1) is 11.5. The minimum absolute atomic E-state index is 0.195. The summed E-state index contributed by atoms with van der Waals surface area (Å²) in [4.78, 5) is 36.2. The van der Waals surface area contributed by atoms with Gasteiger partial charge in [-0.15, -0.1) is 0 Å². The number of amides is 2. The van der Waals surface area contributed by atoms with E-state index in [4.69, 9.17) is 4.74 Å². The molecule has 0 unspecified atom stereocenters. The molecule has 0 atom stereocenters. The van der Waals surface area contributed by atoms with Crippen molar-refractivity contribution in [2.24, 2.45) is 0 Å². The molecule has 2 fully saturated rings. The summed E-state index contributed by atoms with van der Waals surface area (Å²) >= 11 is 0. The lowest BCUT2D eigenvalue weighted by Crippen LogP contribution is -2.35. The van der Waals surface area contributed by atoms with Gasteiger partial charge in [-0.2, -0.15) is 0 Å². The molecule has 3 rings (SSSR count). The molecule has 2 amide bonds. The normalized spacial score (nSPS) is 17.8. The SMILES string of the molecule is Cc1cc(/C=C/C(=O)OCC(=O)N2CCCC2=O)c(C)n1C1CC1. The Morgan fingerprint density at radius 2 is 2.08 bits per heavy atom. The molecule has 1 saturated heterocycles. The molecule has 24 heavy (non-hydrogen) atoms. The third kappa shape index (κ3) is 3.42. The summed E-state index contributed by atoms with van der Waals surface area (Å²) < 4.78 is 7.25. The van der Waals surface area contributed by atoms with E-state index in [-0.39, 0.29) is 5.91 Å². The first-order valence-corrected chi connectivity index (χ1v) is 8.34. The van der Waals surface area contributed by atoms with E-state index in [0.29, 0.717) is 25.4 Å². The second-order valence-corrected chi connectivity index (χ2v) is 6.41. The van der Waals surface area contributed by atoms with Crippen molar-refractivity contribution in [1.82, 2.24) is 9.47 Å². The van der Waals surface area contributed by atoms with Crippen molar-refractivity contribution in [3.63, 3.8) is 0 Å². The van der Waals surface area contributed by atoms with Crippen LogP contribution in [0.1, 0.15) is 48.7 Å². The Morgan fingerprint density at radius 1 is 1.33 bits per heavy atom. The molecular weight excluding hydrogens is 308 g/mol. The van der Waals surface area contributed by atoms with Crippen LogP contribution in [0.5, 0.6) is 0 Å². The zero-order chi connectivity index (χ0) is 17.3. The van der Waals surface area contributed by atoms with Crippen molar-refractivity contribution in [3.05, 3.63) is 29.1 Å². The minimum atomic E-state index is -0.578. The molecule has 0 spiro atoms. The second-order valence-electron chi connectivity index (χ2n) is 6.41. The van der Waals surface area contributed by atoms with Crippen LogP contribution >= 0.6 is 0 Å². The van der Waals surface area contributed by atoms with Crippen molar-refractivity contribution in [2.45, 2.75) is 45.6 Å². The van der Waals surface area contributed by atoms with Crippen molar-refractivity contribution in [2.75, 3.05) is 13.2 Å². The van der Waals surface area contributed by atoms with E-state index in [1.807, 2.05) is 13.0 Å². The van der Waals surface area contributed by atoms with Crippen LogP contribution in [0, 0.1) is 13.8 Å². The molecule has 0 aromatic carbocycles. The zero-order valence-corrected chi connectivity index (χ0v) is 14.1. The highest BCUT2D eigenvalue weighted by atomic mass is 16.5. The standard InChI is InChI=1S/C18H22N2O4/c1-12-10-14(13(2)20(12)15-6-7-15)5-8-18(23)24-11-17(22)19-9-3-4-16(19)21/h5,8,10,15H,3-4,6-7,9,11H2,1-2H3/b8-5+. The van der Waals surface area contributed by atoms with Crippen LogP contribution in [0.4, 0.5) is 0 Å². The third-order valence-corrected chi connectivity index (χ3v) is 4.55. The van der Waals surface area contributed by atoms with Gasteiger partial charge in [-0.1, -0.05) is 0 Å². The van der Waals surface area contributed by atoms with Gasteiger partial charge in [0.25, 0.3) is 5.91 Å². The molecule has 1 aromatic rings. The third-order valence-electron chi connectivity index (χ3n) is 4.55. The predicted molar refractivity (Wildman–Crippen MR) is 88.1 cm³/mol. The summed E-state index contributed by atoms with van der Waals surface area (Å²) in [6.45, 7) is 4.12. The second kappa shape index (κ2) is 6.63. The van der Waals surface area contributed by atoms with Gasteiger partial charge in [0.2, 0.25) is 5.91 Å². The molecule has 0 bridgehead atoms. The number of hydrogen-bond acceptors (Lipinski definition) is 4. The average Bonchev–Trinajstić information content (AvgIpc) is 3.21. The Balaban J connectivity index is 1.55. The fourth-order valence-electron chi connectivity index (χ4n) is 3.19. The Kier molecular flexibility index (Phi) is 4.55. The largest absolute Gasteiger partial charge is 0.452 e. The fourth-order valence-corrected chi connectivity index (χ4v) is 3.19. The number of aryl methyl sites for hydroxylation is 1. The van der Waals surface area contributed by atoms with Gasteiger partial charge < -0.3 is 9.30 Å². The van der Waals surface area contributed by atoms with Gasteiger partial charge in [-0.3, -0.25) is 14.5 Å². The Labute approximate surface area is 141 Å². The number of ether oxygens (including phenoxy) is 1. The maximum absolute atomic E-state index is 11.8. The van der Waals surface area contributed by atoms with Gasteiger partial charge in [-0.05, 0) is 50.8 Å². The molecule has 6 nitrogen and oxygen atoms in total. The summed E-state index contributed by atoms with van der Waals surface area (Å²) in [7, 11) is 0. The van der Waals surface area contributed by atoms with Crippen LogP contribution in [0.15, 0.2) is 12.1 Å². The van der Waals surface area contributed by atoms with Crippen LogP contribution in [0.2, 0.25) is 0 Å². The average molecular weight is 330 g/mol. The lowest BCUT2D eigenvalue weighted by molar-refractivity contribution is -0.151. The number of hydrogen-bond donors (Lipinski definition) is 0. The van der Waals surface area contributed by atoms with Gasteiger partial charge in [0.15, 0.2) is 6.61 Å². The van der Waals surface area contributed by atoms with E-state index in [0.717, 1.165) is 16.2 Å². The highest BCUT2D eigenvalue weighted by molar-refractivity contribution is 5.98. The van der Waals surface area contributed by atoms with Crippen molar-refractivity contribution in [1.29, 1.82) is 0 Å². The van der Waals surface area contributed by atoms with Gasteiger partial charge in [0.05, 0.1) is 0 Å². The number of carbonyl (C=O) groups is 3.